The number of aromatic nitrogens is 3. The van der Waals surface area contributed by atoms with Gasteiger partial charge in [-0.25, -0.2) is 13.8 Å². The van der Waals surface area contributed by atoms with Crippen LogP contribution >= 0.6 is 12.4 Å². The van der Waals surface area contributed by atoms with Gasteiger partial charge in [-0.05, 0) is 6.92 Å². The van der Waals surface area contributed by atoms with E-state index in [4.69, 9.17) is 0 Å². The number of nitrogens with one attached hydrogen (secondary N) is 3. The van der Waals surface area contributed by atoms with Crippen LogP contribution in [0.1, 0.15) is 25.2 Å². The molecule has 0 saturated carbocycles. The van der Waals surface area contributed by atoms with Crippen molar-refractivity contribution in [2.24, 2.45) is 0 Å². The van der Waals surface area contributed by atoms with Crippen LogP contribution in [0, 0.1) is 0 Å². The Hall–Kier alpha value is -1.28. The first-order valence-electron chi connectivity index (χ1n) is 5.25. The Morgan fingerprint density at radius 1 is 1.67 bits per heavy atom. The van der Waals surface area contributed by atoms with Gasteiger partial charge in [0.2, 0.25) is 5.91 Å². The van der Waals surface area contributed by atoms with Gasteiger partial charge in [0.05, 0.1) is 18.6 Å². The van der Waals surface area contributed by atoms with E-state index in [-0.39, 0.29) is 18.4 Å². The number of amides is 1. The summed E-state index contributed by atoms with van der Waals surface area (Å²) in [4.78, 5) is 15.5. The van der Waals surface area contributed by atoms with Crippen molar-refractivity contribution in [2.45, 2.75) is 31.4 Å². The number of carbonyl (C=O) groups excluding carboxylic acids is 1. The summed E-state index contributed by atoms with van der Waals surface area (Å²) >= 11 is 0. The summed E-state index contributed by atoms with van der Waals surface area (Å²) < 4.78 is 25.8. The number of hydrogen-bond acceptors (Lipinski definition) is 4. The van der Waals surface area contributed by atoms with Gasteiger partial charge in [-0.2, -0.15) is 5.10 Å². The molecule has 0 bridgehead atoms. The molecule has 1 fully saturated rings. The molecule has 2 heterocycles. The van der Waals surface area contributed by atoms with E-state index < -0.39 is 30.8 Å². The Kier molecular flexibility index (Phi) is 4.58. The van der Waals surface area contributed by atoms with Crippen LogP contribution in [0.25, 0.3) is 0 Å². The molecule has 18 heavy (non-hydrogen) atoms. The third-order valence-corrected chi connectivity index (χ3v) is 2.63. The summed E-state index contributed by atoms with van der Waals surface area (Å²) in [6.45, 7) is 1.24. The minimum Gasteiger partial charge on any atom is -0.345 e. The van der Waals surface area contributed by atoms with Crippen LogP contribution in [0.4, 0.5) is 8.78 Å². The van der Waals surface area contributed by atoms with E-state index in [1.807, 2.05) is 0 Å². The van der Waals surface area contributed by atoms with E-state index in [2.05, 4.69) is 25.8 Å². The zero-order chi connectivity index (χ0) is 12.5. The molecule has 1 aliphatic heterocycles. The van der Waals surface area contributed by atoms with Crippen LogP contribution in [0.15, 0.2) is 6.33 Å². The van der Waals surface area contributed by atoms with Gasteiger partial charge < -0.3 is 5.32 Å². The van der Waals surface area contributed by atoms with E-state index in [0.29, 0.717) is 5.82 Å². The van der Waals surface area contributed by atoms with E-state index >= 15 is 0 Å². The number of H-pyrrole nitrogens is 1. The van der Waals surface area contributed by atoms with Crippen molar-refractivity contribution in [3.63, 3.8) is 0 Å². The lowest BCUT2D eigenvalue weighted by molar-refractivity contribution is -0.124. The summed E-state index contributed by atoms with van der Waals surface area (Å²) in [5.74, 6) is -2.77. The maximum Gasteiger partial charge on any atom is 0.262 e. The number of alkyl halides is 2. The van der Waals surface area contributed by atoms with Crippen LogP contribution in [0.2, 0.25) is 0 Å². The summed E-state index contributed by atoms with van der Waals surface area (Å²) in [7, 11) is 0. The van der Waals surface area contributed by atoms with Gasteiger partial charge in [-0.3, -0.25) is 15.2 Å². The van der Waals surface area contributed by atoms with Crippen LogP contribution < -0.4 is 10.6 Å². The fraction of sp³-hybridized carbons (Fsp3) is 0.667. The fourth-order valence-electron chi connectivity index (χ4n) is 1.71. The Balaban J connectivity index is 0.00000162. The molecule has 1 amide bonds. The zero-order valence-electron chi connectivity index (χ0n) is 9.61. The van der Waals surface area contributed by atoms with Crippen molar-refractivity contribution < 1.29 is 13.6 Å². The monoisotopic (exact) mass is 281 g/mol. The Labute approximate surface area is 108 Å². The lowest BCUT2D eigenvalue weighted by Gasteiger charge is -2.15. The van der Waals surface area contributed by atoms with Crippen LogP contribution in [0.3, 0.4) is 0 Å². The van der Waals surface area contributed by atoms with Crippen molar-refractivity contribution in [1.29, 1.82) is 0 Å². The second-order valence-electron chi connectivity index (χ2n) is 4.09. The number of rotatable bonds is 3. The number of carbonyl (C=O) groups is 1. The zero-order valence-corrected chi connectivity index (χ0v) is 10.4. The Bertz CT molecular complexity index is 400. The molecular formula is C9H14ClF2N5O. The van der Waals surface area contributed by atoms with Crippen LogP contribution in [0.5, 0.6) is 0 Å². The number of nitrogens with zero attached hydrogens (tertiary/aromatic N) is 2. The van der Waals surface area contributed by atoms with Gasteiger partial charge in [0.15, 0.2) is 0 Å². The topological polar surface area (TPSA) is 82.7 Å². The molecule has 0 spiro atoms. The third-order valence-electron chi connectivity index (χ3n) is 2.63. The highest BCUT2D eigenvalue weighted by Gasteiger charge is 2.42. The van der Waals surface area contributed by atoms with Gasteiger partial charge in [-0.1, -0.05) is 0 Å². The summed E-state index contributed by atoms with van der Waals surface area (Å²) in [5.41, 5.74) is 0. The van der Waals surface area contributed by atoms with E-state index in [1.165, 1.54) is 6.33 Å². The molecule has 9 heteroatoms. The normalized spacial score (nSPS) is 23.2. The lowest BCUT2D eigenvalue weighted by atomic mass is 10.1. The van der Waals surface area contributed by atoms with Gasteiger partial charge in [0, 0.05) is 6.42 Å². The second-order valence-corrected chi connectivity index (χ2v) is 4.09. The Morgan fingerprint density at radius 2 is 2.39 bits per heavy atom. The molecule has 6 nitrogen and oxygen atoms in total. The lowest BCUT2D eigenvalue weighted by Crippen LogP contribution is -2.41. The van der Waals surface area contributed by atoms with Crippen molar-refractivity contribution in [1.82, 2.24) is 25.8 Å². The van der Waals surface area contributed by atoms with Gasteiger partial charge in [0.25, 0.3) is 5.92 Å². The predicted molar refractivity (Wildman–Crippen MR) is 61.5 cm³/mol. The summed E-state index contributed by atoms with van der Waals surface area (Å²) in [5, 5.41) is 11.3. The van der Waals surface area contributed by atoms with E-state index in [9.17, 15) is 13.6 Å². The summed E-state index contributed by atoms with van der Waals surface area (Å²) in [6, 6.07) is -1.24. The molecule has 102 valence electrons. The molecule has 2 atom stereocenters. The van der Waals surface area contributed by atoms with E-state index in [1.54, 1.807) is 6.92 Å². The standard InChI is InChI=1S/C9H13F2N5O.ClH/c1-5(7-13-4-14-16-7)15-8(17)6-2-9(10,11)3-12-6;/h4-6,12H,2-3H2,1H3,(H,15,17)(H,13,14,16);1H. The maximum absolute atomic E-state index is 12.9. The number of aromatic amines is 1. The first-order valence-corrected chi connectivity index (χ1v) is 5.25. The van der Waals surface area contributed by atoms with Crippen LogP contribution in [-0.2, 0) is 4.79 Å². The number of hydrogen-bond donors (Lipinski definition) is 3. The minimum absolute atomic E-state index is 0. The minimum atomic E-state index is -2.81. The molecule has 1 aliphatic rings. The van der Waals surface area contributed by atoms with Crippen molar-refractivity contribution in [3.8, 4) is 0 Å². The smallest absolute Gasteiger partial charge is 0.262 e. The molecule has 0 radical (unpaired) electrons. The average molecular weight is 282 g/mol. The highest BCUT2D eigenvalue weighted by Crippen LogP contribution is 2.25. The maximum atomic E-state index is 12.9. The molecule has 2 rings (SSSR count). The predicted octanol–water partition coefficient (Wildman–Crippen LogP) is 0.401. The van der Waals surface area contributed by atoms with Crippen LogP contribution in [-0.4, -0.2) is 39.6 Å². The van der Waals surface area contributed by atoms with Crippen molar-refractivity contribution >= 4 is 18.3 Å². The largest absolute Gasteiger partial charge is 0.345 e. The van der Waals surface area contributed by atoms with Crippen molar-refractivity contribution in [2.75, 3.05) is 6.54 Å². The first-order chi connectivity index (χ1) is 7.98. The SMILES string of the molecule is CC(NC(=O)C1CC(F)(F)CN1)c1ncn[nH]1.Cl. The van der Waals surface area contributed by atoms with Gasteiger partial charge >= 0.3 is 0 Å². The van der Waals surface area contributed by atoms with Crippen molar-refractivity contribution in [3.05, 3.63) is 12.2 Å². The highest BCUT2D eigenvalue weighted by molar-refractivity contribution is 5.85. The second kappa shape index (κ2) is 5.57. The molecular weight excluding hydrogens is 268 g/mol. The molecule has 0 aromatic carbocycles. The quantitative estimate of drug-likeness (QED) is 0.749. The van der Waals surface area contributed by atoms with Gasteiger partial charge in [-0.15, -0.1) is 12.4 Å². The van der Waals surface area contributed by atoms with Gasteiger partial charge in [0.1, 0.15) is 12.2 Å². The van der Waals surface area contributed by atoms with E-state index in [0.717, 1.165) is 0 Å². The Morgan fingerprint density at radius 3 is 2.89 bits per heavy atom. The highest BCUT2D eigenvalue weighted by atomic mass is 35.5. The molecule has 2 unspecified atom stereocenters. The number of halogens is 3. The molecule has 1 saturated heterocycles. The summed E-state index contributed by atoms with van der Waals surface area (Å²) in [6.07, 6.45) is 0.849. The molecule has 1 aromatic rings. The fourth-order valence-corrected chi connectivity index (χ4v) is 1.71. The molecule has 1 aromatic heterocycles. The average Bonchev–Trinajstić information content (AvgIpc) is 2.86. The molecule has 3 N–H and O–H groups in total. The first kappa shape index (κ1) is 14.8. The third kappa shape index (κ3) is 3.36. The molecule has 0 aliphatic carbocycles.